The second-order valence-electron chi connectivity index (χ2n) is 6.40. The number of hydrogen-bond acceptors (Lipinski definition) is 4. The number of carboxylic acids is 1. The van der Waals surface area contributed by atoms with E-state index in [1.54, 1.807) is 12.1 Å². The first-order valence-electron chi connectivity index (χ1n) is 7.89. The van der Waals surface area contributed by atoms with E-state index in [9.17, 15) is 9.59 Å². The lowest BCUT2D eigenvalue weighted by atomic mass is 10.0. The quantitative estimate of drug-likeness (QED) is 0.713. The minimum atomic E-state index is -1.07. The van der Waals surface area contributed by atoms with Crippen LogP contribution in [0.2, 0.25) is 0 Å². The number of allylic oxidation sites excluding steroid dienone is 1. The molecule has 24 heavy (non-hydrogen) atoms. The van der Waals surface area contributed by atoms with Crippen LogP contribution in [-0.4, -0.2) is 35.2 Å². The smallest absolute Gasteiger partial charge is 0.326 e. The van der Waals surface area contributed by atoms with E-state index in [4.69, 9.17) is 14.6 Å². The lowest BCUT2D eigenvalue weighted by Gasteiger charge is -2.18. The highest BCUT2D eigenvalue weighted by Gasteiger charge is 2.32. The van der Waals surface area contributed by atoms with Gasteiger partial charge in [-0.05, 0) is 32.8 Å². The summed E-state index contributed by atoms with van der Waals surface area (Å²) in [4.78, 5) is 23.1. The van der Waals surface area contributed by atoms with Gasteiger partial charge in [0.25, 0.3) is 5.91 Å². The maximum Gasteiger partial charge on any atom is 0.326 e. The Morgan fingerprint density at radius 2 is 2.25 bits per heavy atom. The molecule has 1 aliphatic heterocycles. The van der Waals surface area contributed by atoms with Crippen molar-refractivity contribution in [3.8, 4) is 11.5 Å². The highest BCUT2D eigenvalue weighted by Crippen LogP contribution is 2.41. The molecule has 6 nitrogen and oxygen atoms in total. The summed E-state index contributed by atoms with van der Waals surface area (Å²) in [5.74, 6) is -0.417. The van der Waals surface area contributed by atoms with Crippen LogP contribution < -0.4 is 14.8 Å². The number of fused-ring (bicyclic) bond motifs is 1. The van der Waals surface area contributed by atoms with Crippen LogP contribution in [0.1, 0.15) is 32.3 Å². The van der Waals surface area contributed by atoms with Crippen molar-refractivity contribution < 1.29 is 24.2 Å². The SMILES string of the molecule is C=CCCC(NC(=O)COc1cccc2c1OC(C)(C)C2)C(=O)O. The van der Waals surface area contributed by atoms with Crippen LogP contribution in [-0.2, 0) is 16.0 Å². The molecule has 1 atom stereocenters. The summed E-state index contributed by atoms with van der Waals surface area (Å²) in [6, 6.07) is 4.60. The van der Waals surface area contributed by atoms with Crippen molar-refractivity contribution in [3.63, 3.8) is 0 Å². The first-order chi connectivity index (χ1) is 11.3. The molecule has 0 saturated carbocycles. The van der Waals surface area contributed by atoms with Gasteiger partial charge < -0.3 is 19.9 Å². The van der Waals surface area contributed by atoms with Crippen LogP contribution >= 0.6 is 0 Å². The lowest BCUT2D eigenvalue weighted by molar-refractivity contribution is -0.142. The first kappa shape index (κ1) is 17.8. The fraction of sp³-hybridized carbons (Fsp3) is 0.444. The van der Waals surface area contributed by atoms with Gasteiger partial charge in [0.1, 0.15) is 11.6 Å². The lowest BCUT2D eigenvalue weighted by Crippen LogP contribution is -2.42. The standard InChI is InChI=1S/C18H23NO5/c1-4-5-8-13(17(21)22)19-15(20)11-23-14-9-6-7-12-10-18(2,3)24-16(12)14/h4,6-7,9,13H,1,5,8,10-11H2,2-3H3,(H,19,20)(H,21,22). The number of benzene rings is 1. The number of carboxylic acid groups (broad SMARTS) is 1. The molecule has 1 amide bonds. The molecule has 0 spiro atoms. The zero-order valence-electron chi connectivity index (χ0n) is 14.0. The Kier molecular flexibility index (Phi) is 5.49. The van der Waals surface area contributed by atoms with E-state index < -0.39 is 17.9 Å². The van der Waals surface area contributed by atoms with E-state index in [1.807, 2.05) is 26.0 Å². The Morgan fingerprint density at radius 1 is 1.50 bits per heavy atom. The van der Waals surface area contributed by atoms with Crippen LogP contribution in [0.4, 0.5) is 0 Å². The molecule has 0 aromatic heterocycles. The van der Waals surface area contributed by atoms with Crippen LogP contribution in [0.5, 0.6) is 11.5 Å². The molecule has 0 radical (unpaired) electrons. The summed E-state index contributed by atoms with van der Waals surface area (Å²) in [5.41, 5.74) is 0.732. The second kappa shape index (κ2) is 7.38. The predicted octanol–water partition coefficient (Wildman–Crippen LogP) is 2.31. The number of carbonyl (C=O) groups excluding carboxylic acids is 1. The molecular formula is C18H23NO5. The summed E-state index contributed by atoms with van der Waals surface area (Å²) in [6.07, 6.45) is 3.19. The van der Waals surface area contributed by atoms with Crippen LogP contribution in [0.15, 0.2) is 30.9 Å². The van der Waals surface area contributed by atoms with Crippen molar-refractivity contribution in [3.05, 3.63) is 36.4 Å². The molecule has 0 bridgehead atoms. The van der Waals surface area contributed by atoms with Gasteiger partial charge in [-0.2, -0.15) is 0 Å². The van der Waals surface area contributed by atoms with Gasteiger partial charge in [0.05, 0.1) is 0 Å². The van der Waals surface area contributed by atoms with E-state index in [2.05, 4.69) is 11.9 Å². The Morgan fingerprint density at radius 3 is 2.92 bits per heavy atom. The van der Waals surface area contributed by atoms with Crippen molar-refractivity contribution in [2.24, 2.45) is 0 Å². The molecule has 0 fully saturated rings. The monoisotopic (exact) mass is 333 g/mol. The molecule has 130 valence electrons. The third-order valence-electron chi connectivity index (χ3n) is 3.71. The largest absolute Gasteiger partial charge is 0.483 e. The summed E-state index contributed by atoms with van der Waals surface area (Å²) in [6.45, 7) is 7.26. The van der Waals surface area contributed by atoms with E-state index in [0.717, 1.165) is 12.0 Å². The minimum absolute atomic E-state index is 0.266. The van der Waals surface area contributed by atoms with Crippen LogP contribution in [0.25, 0.3) is 0 Å². The van der Waals surface area contributed by atoms with Crippen molar-refractivity contribution in [1.82, 2.24) is 5.32 Å². The van der Waals surface area contributed by atoms with E-state index >= 15 is 0 Å². The summed E-state index contributed by atoms with van der Waals surface area (Å²) in [5, 5.41) is 11.6. The number of para-hydroxylation sites is 1. The molecule has 2 N–H and O–H groups in total. The molecular weight excluding hydrogens is 310 g/mol. The average molecular weight is 333 g/mol. The van der Waals surface area contributed by atoms with Crippen LogP contribution in [0.3, 0.4) is 0 Å². The number of carbonyl (C=O) groups is 2. The topological polar surface area (TPSA) is 84.9 Å². The van der Waals surface area contributed by atoms with Gasteiger partial charge >= 0.3 is 5.97 Å². The minimum Gasteiger partial charge on any atom is -0.483 e. The molecule has 0 saturated heterocycles. The fourth-order valence-corrected chi connectivity index (χ4v) is 2.62. The van der Waals surface area contributed by atoms with Crippen LogP contribution in [0, 0.1) is 0 Å². The second-order valence-corrected chi connectivity index (χ2v) is 6.40. The van der Waals surface area contributed by atoms with Gasteiger partial charge in [0.2, 0.25) is 0 Å². The van der Waals surface area contributed by atoms with Gasteiger partial charge in [-0.15, -0.1) is 6.58 Å². The normalized spacial score (nSPS) is 15.8. The maximum atomic E-state index is 12.0. The van der Waals surface area contributed by atoms with Crippen molar-refractivity contribution in [2.45, 2.75) is 44.8 Å². The Bertz CT molecular complexity index is 638. The first-order valence-corrected chi connectivity index (χ1v) is 7.89. The number of amides is 1. The molecule has 1 heterocycles. The number of ether oxygens (including phenoxy) is 2. The summed E-state index contributed by atoms with van der Waals surface area (Å²) >= 11 is 0. The van der Waals surface area contributed by atoms with E-state index in [-0.39, 0.29) is 12.2 Å². The maximum absolute atomic E-state index is 12.0. The van der Waals surface area contributed by atoms with E-state index in [1.165, 1.54) is 0 Å². The van der Waals surface area contributed by atoms with Gasteiger partial charge in [-0.3, -0.25) is 4.79 Å². The fourth-order valence-electron chi connectivity index (χ4n) is 2.62. The molecule has 1 aromatic carbocycles. The third kappa shape index (κ3) is 4.50. The van der Waals surface area contributed by atoms with Crippen molar-refractivity contribution in [1.29, 1.82) is 0 Å². The molecule has 2 rings (SSSR count). The molecule has 0 aliphatic carbocycles. The van der Waals surface area contributed by atoms with E-state index in [0.29, 0.717) is 24.3 Å². The Labute approximate surface area is 141 Å². The molecule has 1 aromatic rings. The van der Waals surface area contributed by atoms with Gasteiger partial charge in [0, 0.05) is 12.0 Å². The average Bonchev–Trinajstić information content (AvgIpc) is 2.83. The van der Waals surface area contributed by atoms with Crippen molar-refractivity contribution in [2.75, 3.05) is 6.61 Å². The molecule has 6 heteroatoms. The number of rotatable bonds is 8. The van der Waals surface area contributed by atoms with Gasteiger partial charge in [-0.1, -0.05) is 18.2 Å². The zero-order chi connectivity index (χ0) is 17.7. The predicted molar refractivity (Wildman–Crippen MR) is 89.3 cm³/mol. The number of aliphatic carboxylic acids is 1. The number of nitrogens with one attached hydrogen (secondary N) is 1. The summed E-state index contributed by atoms with van der Waals surface area (Å²) in [7, 11) is 0. The summed E-state index contributed by atoms with van der Waals surface area (Å²) < 4.78 is 11.4. The third-order valence-corrected chi connectivity index (χ3v) is 3.71. The van der Waals surface area contributed by atoms with Gasteiger partial charge in [0.15, 0.2) is 18.1 Å². The molecule has 1 aliphatic rings. The Balaban J connectivity index is 1.94. The zero-order valence-corrected chi connectivity index (χ0v) is 14.0. The Hall–Kier alpha value is -2.50. The highest BCUT2D eigenvalue weighted by molar-refractivity contribution is 5.84. The van der Waals surface area contributed by atoms with Crippen molar-refractivity contribution >= 4 is 11.9 Å². The number of hydrogen-bond donors (Lipinski definition) is 2. The molecule has 1 unspecified atom stereocenters. The van der Waals surface area contributed by atoms with Gasteiger partial charge in [-0.25, -0.2) is 4.79 Å². The highest BCUT2D eigenvalue weighted by atomic mass is 16.5.